The second-order valence-corrected chi connectivity index (χ2v) is 6.36. The van der Waals surface area contributed by atoms with Crippen molar-refractivity contribution in [2.24, 2.45) is 0 Å². The van der Waals surface area contributed by atoms with Crippen LogP contribution in [0.5, 0.6) is 0 Å². The smallest absolute Gasteiger partial charge is 0.262 e. The largest absolute Gasteiger partial charge is 0.348 e. The van der Waals surface area contributed by atoms with E-state index in [1.54, 1.807) is 6.07 Å². The molecular weight excluding hydrogens is 332 g/mol. The fraction of sp³-hybridized carbons (Fsp3) is 0.0588. The van der Waals surface area contributed by atoms with Crippen molar-refractivity contribution in [1.29, 1.82) is 0 Å². The SMILES string of the molecule is O=C(/C=C1\Sc2ccccc2NC1=O)NCc1ccccc1Cl. The van der Waals surface area contributed by atoms with E-state index >= 15 is 0 Å². The Kier molecular flexibility index (Phi) is 4.69. The summed E-state index contributed by atoms with van der Waals surface area (Å²) in [4.78, 5) is 25.3. The molecule has 0 atom stereocenters. The van der Waals surface area contributed by atoms with Gasteiger partial charge < -0.3 is 10.6 Å². The van der Waals surface area contributed by atoms with Crippen molar-refractivity contribution in [2.75, 3.05) is 5.32 Å². The molecule has 1 aliphatic heterocycles. The van der Waals surface area contributed by atoms with E-state index in [0.717, 1.165) is 16.1 Å². The van der Waals surface area contributed by atoms with Gasteiger partial charge in [0.2, 0.25) is 5.91 Å². The van der Waals surface area contributed by atoms with Gasteiger partial charge in [-0.05, 0) is 23.8 Å². The number of thioether (sulfide) groups is 1. The van der Waals surface area contributed by atoms with Gasteiger partial charge >= 0.3 is 0 Å². The first-order valence-electron chi connectivity index (χ1n) is 6.94. The summed E-state index contributed by atoms with van der Waals surface area (Å²) < 4.78 is 0. The minimum Gasteiger partial charge on any atom is -0.348 e. The molecule has 4 nitrogen and oxygen atoms in total. The fourth-order valence-electron chi connectivity index (χ4n) is 2.10. The van der Waals surface area contributed by atoms with Gasteiger partial charge in [-0.1, -0.05) is 53.7 Å². The molecule has 2 amide bonds. The number of carbonyl (C=O) groups is 2. The number of hydrogen-bond donors (Lipinski definition) is 2. The zero-order valence-electron chi connectivity index (χ0n) is 12.0. The standard InChI is InChI=1S/C17H13ClN2O2S/c18-12-6-2-1-5-11(12)10-19-16(21)9-15-17(22)20-13-7-3-4-8-14(13)23-15/h1-9H,10H2,(H,19,21)(H,20,22)/b15-9-. The quantitative estimate of drug-likeness (QED) is 0.837. The molecule has 116 valence electrons. The summed E-state index contributed by atoms with van der Waals surface area (Å²) in [5.41, 5.74) is 1.59. The summed E-state index contributed by atoms with van der Waals surface area (Å²) in [5, 5.41) is 6.10. The highest BCUT2D eigenvalue weighted by Gasteiger charge is 2.21. The van der Waals surface area contributed by atoms with Crippen molar-refractivity contribution in [3.8, 4) is 0 Å². The second-order valence-electron chi connectivity index (χ2n) is 4.87. The number of nitrogens with one attached hydrogen (secondary N) is 2. The van der Waals surface area contributed by atoms with E-state index in [4.69, 9.17) is 11.6 Å². The van der Waals surface area contributed by atoms with Crippen molar-refractivity contribution in [2.45, 2.75) is 11.4 Å². The summed E-state index contributed by atoms with van der Waals surface area (Å²) in [6, 6.07) is 14.8. The van der Waals surface area contributed by atoms with Crippen LogP contribution in [-0.2, 0) is 16.1 Å². The highest BCUT2D eigenvalue weighted by atomic mass is 35.5. The summed E-state index contributed by atoms with van der Waals surface area (Å²) in [5.74, 6) is -0.608. The summed E-state index contributed by atoms with van der Waals surface area (Å²) >= 11 is 7.32. The molecule has 0 saturated heterocycles. The molecule has 2 aromatic rings. The molecule has 2 aromatic carbocycles. The number of para-hydroxylation sites is 1. The molecule has 0 unspecified atom stereocenters. The van der Waals surface area contributed by atoms with E-state index in [2.05, 4.69) is 10.6 Å². The van der Waals surface area contributed by atoms with Gasteiger partial charge in [-0.3, -0.25) is 9.59 Å². The summed E-state index contributed by atoms with van der Waals surface area (Å²) in [6.45, 7) is 0.311. The van der Waals surface area contributed by atoms with E-state index < -0.39 is 0 Å². The number of rotatable bonds is 3. The topological polar surface area (TPSA) is 58.2 Å². The van der Waals surface area contributed by atoms with Crippen LogP contribution in [0.4, 0.5) is 5.69 Å². The molecular formula is C17H13ClN2O2S. The molecule has 0 aliphatic carbocycles. The van der Waals surface area contributed by atoms with Gasteiger partial charge in [0.25, 0.3) is 5.91 Å². The third-order valence-electron chi connectivity index (χ3n) is 3.25. The lowest BCUT2D eigenvalue weighted by Crippen LogP contribution is -2.24. The van der Waals surface area contributed by atoms with Gasteiger partial charge in [0.15, 0.2) is 0 Å². The molecule has 2 N–H and O–H groups in total. The van der Waals surface area contributed by atoms with Crippen LogP contribution in [-0.4, -0.2) is 11.8 Å². The van der Waals surface area contributed by atoms with Crippen LogP contribution in [0.25, 0.3) is 0 Å². The molecule has 23 heavy (non-hydrogen) atoms. The predicted molar refractivity (Wildman–Crippen MR) is 92.3 cm³/mol. The molecule has 1 heterocycles. The lowest BCUT2D eigenvalue weighted by atomic mass is 10.2. The van der Waals surface area contributed by atoms with Crippen molar-refractivity contribution < 1.29 is 9.59 Å². The maximum absolute atomic E-state index is 12.0. The van der Waals surface area contributed by atoms with Crippen LogP contribution >= 0.6 is 23.4 Å². The third kappa shape index (κ3) is 3.75. The van der Waals surface area contributed by atoms with E-state index in [9.17, 15) is 9.59 Å². The number of amides is 2. The van der Waals surface area contributed by atoms with E-state index in [-0.39, 0.29) is 11.8 Å². The van der Waals surface area contributed by atoms with Crippen LogP contribution in [0, 0.1) is 0 Å². The van der Waals surface area contributed by atoms with Gasteiger partial charge in [-0.25, -0.2) is 0 Å². The molecule has 0 bridgehead atoms. The molecule has 0 radical (unpaired) electrons. The molecule has 3 rings (SSSR count). The van der Waals surface area contributed by atoms with Crippen molar-refractivity contribution >= 4 is 40.9 Å². The normalized spacial score (nSPS) is 15.0. The first-order chi connectivity index (χ1) is 11.1. The number of carbonyl (C=O) groups excluding carboxylic acids is 2. The number of halogens is 1. The Morgan fingerprint density at radius 1 is 1.17 bits per heavy atom. The van der Waals surface area contributed by atoms with Gasteiger partial charge in [0.05, 0.1) is 10.6 Å². The highest BCUT2D eigenvalue weighted by molar-refractivity contribution is 8.04. The molecule has 0 aromatic heterocycles. The lowest BCUT2D eigenvalue weighted by molar-refractivity contribution is -0.117. The zero-order valence-corrected chi connectivity index (χ0v) is 13.6. The van der Waals surface area contributed by atoms with Crippen molar-refractivity contribution in [3.63, 3.8) is 0 Å². The minimum absolute atomic E-state index is 0.276. The van der Waals surface area contributed by atoms with Crippen LogP contribution < -0.4 is 10.6 Å². The second kappa shape index (κ2) is 6.89. The Bertz CT molecular complexity index is 805. The Morgan fingerprint density at radius 2 is 1.91 bits per heavy atom. The Hall–Kier alpha value is -2.24. The van der Waals surface area contributed by atoms with Crippen LogP contribution in [0.15, 0.2) is 64.4 Å². The van der Waals surface area contributed by atoms with Crippen LogP contribution in [0.1, 0.15) is 5.56 Å². The first kappa shape index (κ1) is 15.6. The average molecular weight is 345 g/mol. The first-order valence-corrected chi connectivity index (χ1v) is 8.14. The van der Waals surface area contributed by atoms with Gasteiger partial charge in [-0.2, -0.15) is 0 Å². The van der Waals surface area contributed by atoms with E-state index in [0.29, 0.717) is 16.5 Å². The maximum atomic E-state index is 12.0. The number of hydrogen-bond acceptors (Lipinski definition) is 3. The van der Waals surface area contributed by atoms with E-state index in [1.807, 2.05) is 42.5 Å². The Morgan fingerprint density at radius 3 is 2.74 bits per heavy atom. The lowest BCUT2D eigenvalue weighted by Gasteiger charge is -2.18. The van der Waals surface area contributed by atoms with Crippen molar-refractivity contribution in [1.82, 2.24) is 5.32 Å². The van der Waals surface area contributed by atoms with Gasteiger partial charge in [0.1, 0.15) is 0 Å². The van der Waals surface area contributed by atoms with E-state index in [1.165, 1.54) is 17.8 Å². The summed E-state index contributed by atoms with van der Waals surface area (Å²) in [7, 11) is 0. The maximum Gasteiger partial charge on any atom is 0.262 e. The van der Waals surface area contributed by atoms with Gasteiger partial charge in [-0.15, -0.1) is 0 Å². The molecule has 0 spiro atoms. The molecule has 0 fully saturated rings. The minimum atomic E-state index is -0.332. The van der Waals surface area contributed by atoms with Crippen molar-refractivity contribution in [3.05, 3.63) is 70.1 Å². The number of benzene rings is 2. The Balaban J connectivity index is 1.68. The summed E-state index contributed by atoms with van der Waals surface area (Å²) in [6.07, 6.45) is 1.31. The predicted octanol–water partition coefficient (Wildman–Crippen LogP) is 3.58. The average Bonchev–Trinajstić information content (AvgIpc) is 2.55. The van der Waals surface area contributed by atoms with Gasteiger partial charge in [0, 0.05) is 22.5 Å². The molecule has 0 saturated carbocycles. The van der Waals surface area contributed by atoms with Crippen LogP contribution in [0.3, 0.4) is 0 Å². The number of fused-ring (bicyclic) bond motifs is 1. The highest BCUT2D eigenvalue weighted by Crippen LogP contribution is 2.37. The molecule has 6 heteroatoms. The van der Waals surface area contributed by atoms with Crippen LogP contribution in [0.2, 0.25) is 5.02 Å². The Labute approximate surface area is 142 Å². The third-order valence-corrected chi connectivity index (χ3v) is 4.72. The monoisotopic (exact) mass is 344 g/mol. The number of anilines is 1. The fourth-order valence-corrected chi connectivity index (χ4v) is 3.22. The molecule has 1 aliphatic rings. The zero-order chi connectivity index (χ0) is 16.2.